The Morgan fingerprint density at radius 3 is 0.429 bits per heavy atom. The van der Waals surface area contributed by atoms with Gasteiger partial charge in [0.05, 0.1) is 0 Å². The maximum absolute atomic E-state index is 0. The van der Waals surface area contributed by atoms with Gasteiger partial charge in [0.1, 0.15) is 0 Å². The maximum Gasteiger partial charge on any atom is 3.00 e. The second-order valence-electron chi connectivity index (χ2n) is 0. The van der Waals surface area contributed by atoms with Crippen LogP contribution in [0.5, 0.6) is 0 Å². The molecule has 0 aromatic carbocycles. The van der Waals surface area contributed by atoms with Gasteiger partial charge in [0, 0.05) is 0 Å². The molecular weight excluding hydrogens is 188 g/mol. The Kier molecular flexibility index (Phi) is 23500. The molecule has 0 bridgehead atoms. The molecule has 5 nitrogen and oxygen atoms in total. The number of hydrogen-bond donors (Lipinski definition) is 0. The van der Waals surface area contributed by atoms with Crippen molar-refractivity contribution in [3.05, 3.63) is 0 Å². The van der Waals surface area contributed by atoms with Gasteiger partial charge in [0.25, 0.3) is 0 Å². The molecule has 0 aliphatic carbocycles. The van der Waals surface area contributed by atoms with Crippen LogP contribution < -0.4 is 0 Å². The molecule has 0 fully saturated rings. The third kappa shape index (κ3) is 222. The molecular formula is H5CrFeO5. The van der Waals surface area contributed by atoms with Crippen molar-refractivity contribution in [2.24, 2.45) is 0 Å². The van der Waals surface area contributed by atoms with Gasteiger partial charge in [0.15, 0.2) is 0 Å². The van der Waals surface area contributed by atoms with Crippen molar-refractivity contribution in [2.45, 2.75) is 0 Å². The summed E-state index contributed by atoms with van der Waals surface area (Å²) >= 11 is 0. The molecule has 0 atom stereocenters. The Bertz CT molecular complexity index is 8.04. The summed E-state index contributed by atoms with van der Waals surface area (Å²) in [7, 11) is 0. The van der Waals surface area contributed by atoms with Gasteiger partial charge in [-0.3, -0.25) is 0 Å². The van der Waals surface area contributed by atoms with Crippen molar-refractivity contribution in [2.75, 3.05) is 0 Å². The predicted molar refractivity (Wildman–Crippen MR) is 9.68 cm³/mol. The molecule has 7 heavy (non-hydrogen) atoms. The fraction of sp³-hybridized carbons (Fsp3) is 0. The average molecular weight is 193 g/mol. The molecule has 49 valence electrons. The molecule has 0 spiro atoms. The van der Waals surface area contributed by atoms with Crippen LogP contribution in [0.3, 0.4) is 0 Å². The van der Waals surface area contributed by atoms with E-state index in [1.807, 2.05) is 0 Å². The summed E-state index contributed by atoms with van der Waals surface area (Å²) in [5, 5.41) is 0. The fourth-order valence-electron chi connectivity index (χ4n) is 0. The van der Waals surface area contributed by atoms with Gasteiger partial charge in [-0.05, 0) is 0 Å². The minimum Gasteiger partial charge on any atom is -0.870 e. The molecule has 0 aromatic rings. The van der Waals surface area contributed by atoms with Crippen molar-refractivity contribution in [3.63, 3.8) is 0 Å². The fourth-order valence-corrected chi connectivity index (χ4v) is 0. The Labute approximate surface area is 62.2 Å². The summed E-state index contributed by atoms with van der Waals surface area (Å²) in [6, 6.07) is 0. The van der Waals surface area contributed by atoms with Gasteiger partial charge in [-0.15, -0.1) is 0 Å². The summed E-state index contributed by atoms with van der Waals surface area (Å²) in [5.74, 6) is 0. The zero-order chi connectivity index (χ0) is 0. The predicted octanol–water partition coefficient (Wildman–Crippen LogP) is -0.889. The van der Waals surface area contributed by atoms with E-state index < -0.39 is 0 Å². The molecule has 0 saturated carbocycles. The second kappa shape index (κ2) is 323. The first-order chi connectivity index (χ1) is 0. The molecule has 1 radical (unpaired) electrons. The third-order valence-corrected chi connectivity index (χ3v) is 0. The molecule has 7 heteroatoms. The molecule has 0 aromatic heterocycles. The van der Waals surface area contributed by atoms with Crippen LogP contribution in [-0.4, -0.2) is 27.4 Å². The molecule has 0 aliphatic heterocycles. The largest absolute Gasteiger partial charge is 3.00 e. The Hall–Kier alpha value is 0.852. The summed E-state index contributed by atoms with van der Waals surface area (Å²) in [6.07, 6.45) is 0. The zero-order valence-electron chi connectivity index (χ0n) is 3.00. The number of hydrogen-bond acceptors (Lipinski definition) is 5. The van der Waals surface area contributed by atoms with Crippen molar-refractivity contribution in [3.8, 4) is 0 Å². The van der Waals surface area contributed by atoms with Crippen LogP contribution in [0.15, 0.2) is 0 Å². The zero-order valence-corrected chi connectivity index (χ0v) is 5.38. The summed E-state index contributed by atoms with van der Waals surface area (Å²) in [6.45, 7) is 0. The van der Waals surface area contributed by atoms with E-state index in [2.05, 4.69) is 0 Å². The molecule has 0 rings (SSSR count). The molecule has 0 heterocycles. The maximum atomic E-state index is 0. The molecule has 0 saturated heterocycles. The second-order valence-corrected chi connectivity index (χ2v) is 0. The van der Waals surface area contributed by atoms with Crippen molar-refractivity contribution < 1.29 is 61.8 Å². The topological polar surface area (TPSA) is 150 Å². The van der Waals surface area contributed by atoms with E-state index in [-0.39, 0.29) is 61.8 Å². The summed E-state index contributed by atoms with van der Waals surface area (Å²) in [5.41, 5.74) is 0. The van der Waals surface area contributed by atoms with Crippen LogP contribution in [0.4, 0.5) is 0 Å². The minimum atomic E-state index is 0. The first kappa shape index (κ1) is 508. The summed E-state index contributed by atoms with van der Waals surface area (Å²) in [4.78, 5) is 0. The van der Waals surface area contributed by atoms with Gasteiger partial charge in [0.2, 0.25) is 0 Å². The third-order valence-electron chi connectivity index (χ3n) is 0. The Morgan fingerprint density at radius 2 is 0.429 bits per heavy atom. The van der Waals surface area contributed by atoms with E-state index in [0.717, 1.165) is 0 Å². The van der Waals surface area contributed by atoms with Gasteiger partial charge >= 0.3 is 34.4 Å². The first-order valence-corrected chi connectivity index (χ1v) is 0. The van der Waals surface area contributed by atoms with Gasteiger partial charge in [-0.2, -0.15) is 0 Å². The van der Waals surface area contributed by atoms with E-state index in [1.165, 1.54) is 0 Å². The monoisotopic (exact) mass is 193 g/mol. The quantitative estimate of drug-likeness (QED) is 0.456. The van der Waals surface area contributed by atoms with E-state index in [9.17, 15) is 0 Å². The van der Waals surface area contributed by atoms with E-state index in [1.54, 1.807) is 0 Å². The smallest absolute Gasteiger partial charge is 0.870 e. The van der Waals surface area contributed by atoms with Crippen LogP contribution in [-0.2, 0) is 34.4 Å². The van der Waals surface area contributed by atoms with Crippen molar-refractivity contribution in [1.29, 1.82) is 0 Å². The van der Waals surface area contributed by atoms with Crippen molar-refractivity contribution >= 4 is 0 Å². The Balaban J connectivity index is 0. The first-order valence-electron chi connectivity index (χ1n) is 0. The van der Waals surface area contributed by atoms with Crippen LogP contribution in [0.2, 0.25) is 0 Å². The molecule has 0 unspecified atom stereocenters. The standard InChI is InChI=1S/Cr.Fe.5H2O/h;;5*1H2/q+3;+2;;;;;/p-5. The van der Waals surface area contributed by atoms with Gasteiger partial charge in [-0.25, -0.2) is 0 Å². The molecule has 0 amide bonds. The van der Waals surface area contributed by atoms with Gasteiger partial charge in [-0.1, -0.05) is 0 Å². The Morgan fingerprint density at radius 1 is 0.429 bits per heavy atom. The van der Waals surface area contributed by atoms with Crippen LogP contribution in [0.25, 0.3) is 0 Å². The van der Waals surface area contributed by atoms with E-state index in [4.69, 9.17) is 0 Å². The van der Waals surface area contributed by atoms with Gasteiger partial charge < -0.3 is 27.4 Å². The van der Waals surface area contributed by atoms with Crippen LogP contribution >= 0.6 is 0 Å². The van der Waals surface area contributed by atoms with Crippen LogP contribution in [0.1, 0.15) is 0 Å². The van der Waals surface area contributed by atoms with Crippen LogP contribution in [0, 0.1) is 0 Å². The molecule has 5 N–H and O–H groups in total. The number of rotatable bonds is 0. The normalized spacial score (nSPS) is 0. The summed E-state index contributed by atoms with van der Waals surface area (Å²) < 4.78 is 0. The van der Waals surface area contributed by atoms with Crippen molar-refractivity contribution in [1.82, 2.24) is 0 Å². The van der Waals surface area contributed by atoms with E-state index >= 15 is 0 Å². The average Bonchev–Trinajstić information content (AvgIpc) is 0. The SMILES string of the molecule is [Cr+3].[Fe+2].[OH-].[OH-].[OH-].[OH-].[OH-]. The minimum absolute atomic E-state index is 0. The molecule has 0 aliphatic rings. The van der Waals surface area contributed by atoms with E-state index in [0.29, 0.717) is 0 Å².